The van der Waals surface area contributed by atoms with Crippen LogP contribution < -0.4 is 5.32 Å². The van der Waals surface area contributed by atoms with Crippen molar-refractivity contribution in [1.29, 1.82) is 0 Å². The van der Waals surface area contributed by atoms with E-state index in [0.29, 0.717) is 10.7 Å². The molecule has 22 heavy (non-hydrogen) atoms. The lowest BCUT2D eigenvalue weighted by Crippen LogP contribution is -2.37. The second-order valence-corrected chi connectivity index (χ2v) is 7.35. The van der Waals surface area contributed by atoms with E-state index >= 15 is 0 Å². The number of carbonyl (C=O) groups is 2. The Labute approximate surface area is 133 Å². The summed E-state index contributed by atoms with van der Waals surface area (Å²) in [5, 5.41) is 13.1. The Morgan fingerprint density at radius 2 is 1.68 bits per heavy atom. The summed E-state index contributed by atoms with van der Waals surface area (Å²) in [6.45, 7) is 0. The van der Waals surface area contributed by atoms with Gasteiger partial charge in [-0.15, -0.1) is 0 Å². The number of carbonyl (C=O) groups excluding carboxylic acids is 1. The molecule has 4 rings (SSSR count). The first kappa shape index (κ1) is 14.1. The topological polar surface area (TPSA) is 66.4 Å². The van der Waals surface area contributed by atoms with Crippen molar-refractivity contribution in [3.05, 3.63) is 29.3 Å². The second-order valence-electron chi connectivity index (χ2n) is 6.91. The Morgan fingerprint density at radius 3 is 2.23 bits per heavy atom. The molecule has 0 aromatic heterocycles. The van der Waals surface area contributed by atoms with Gasteiger partial charge in [0.1, 0.15) is 0 Å². The number of aliphatic carboxylic acids is 1. The van der Waals surface area contributed by atoms with Crippen LogP contribution in [0.1, 0.15) is 25.7 Å². The first-order valence-electron chi connectivity index (χ1n) is 7.82. The predicted molar refractivity (Wildman–Crippen MR) is 82.6 cm³/mol. The number of hydrogen-bond acceptors (Lipinski definition) is 2. The van der Waals surface area contributed by atoms with E-state index in [1.54, 1.807) is 24.3 Å². The number of benzene rings is 1. The summed E-state index contributed by atoms with van der Waals surface area (Å²) in [7, 11) is 0. The largest absolute Gasteiger partial charge is 0.481 e. The van der Waals surface area contributed by atoms with Crippen LogP contribution in [0.5, 0.6) is 0 Å². The highest BCUT2D eigenvalue weighted by Crippen LogP contribution is 2.74. The standard InChI is InChI=1S/C17H18ClNO3/c18-9-1-3-10(4-2-9)19-15(20)13-11-5-6-12(14(13)16(21)22)17(11)7-8-17/h1-4,11-14H,5-8H2,(H,19,20)(H,21,22)/t11-,12+,13+,14-/m0/s1. The molecular formula is C17H18ClNO3. The van der Waals surface area contributed by atoms with Crippen LogP contribution in [0, 0.1) is 29.1 Å². The zero-order valence-electron chi connectivity index (χ0n) is 12.1. The minimum Gasteiger partial charge on any atom is -0.481 e. The van der Waals surface area contributed by atoms with E-state index in [1.807, 2.05) is 0 Å². The third-order valence-electron chi connectivity index (χ3n) is 6.05. The van der Waals surface area contributed by atoms with Crippen LogP contribution in [0.2, 0.25) is 5.02 Å². The van der Waals surface area contributed by atoms with Gasteiger partial charge in [-0.3, -0.25) is 9.59 Å². The maximum atomic E-state index is 12.7. The summed E-state index contributed by atoms with van der Waals surface area (Å²) < 4.78 is 0. The third-order valence-corrected chi connectivity index (χ3v) is 6.30. The molecule has 1 spiro atoms. The van der Waals surface area contributed by atoms with E-state index in [-0.39, 0.29) is 23.2 Å². The van der Waals surface area contributed by atoms with Gasteiger partial charge in [0.25, 0.3) is 0 Å². The van der Waals surface area contributed by atoms with Gasteiger partial charge in [-0.1, -0.05) is 11.6 Å². The van der Waals surface area contributed by atoms with Gasteiger partial charge in [0.05, 0.1) is 11.8 Å². The fourth-order valence-corrected chi connectivity index (χ4v) is 5.23. The van der Waals surface area contributed by atoms with Gasteiger partial charge in [-0.05, 0) is 67.2 Å². The molecule has 2 bridgehead atoms. The summed E-state index contributed by atoms with van der Waals surface area (Å²) in [6, 6.07) is 6.93. The summed E-state index contributed by atoms with van der Waals surface area (Å²) in [4.78, 5) is 24.4. The highest BCUT2D eigenvalue weighted by Gasteiger charge is 2.71. The number of halogens is 1. The molecule has 0 radical (unpaired) electrons. The average Bonchev–Trinajstić information content (AvgIpc) is 3.15. The molecule has 3 aliphatic rings. The molecule has 4 atom stereocenters. The van der Waals surface area contributed by atoms with Crippen LogP contribution in [0.25, 0.3) is 0 Å². The Kier molecular flexibility index (Phi) is 3.02. The fourth-order valence-electron chi connectivity index (χ4n) is 5.10. The molecule has 2 N–H and O–H groups in total. The van der Waals surface area contributed by atoms with E-state index < -0.39 is 17.8 Å². The molecule has 3 aliphatic carbocycles. The fraction of sp³-hybridized carbons (Fsp3) is 0.529. The third kappa shape index (κ3) is 1.89. The van der Waals surface area contributed by atoms with E-state index in [9.17, 15) is 14.7 Å². The van der Waals surface area contributed by atoms with Gasteiger partial charge in [0.2, 0.25) is 5.91 Å². The van der Waals surface area contributed by atoms with E-state index in [0.717, 1.165) is 25.7 Å². The number of carboxylic acid groups (broad SMARTS) is 1. The summed E-state index contributed by atoms with van der Waals surface area (Å²) in [5.74, 6) is -1.44. The van der Waals surface area contributed by atoms with Gasteiger partial charge < -0.3 is 10.4 Å². The highest BCUT2D eigenvalue weighted by molar-refractivity contribution is 6.30. The van der Waals surface area contributed by atoms with Gasteiger partial charge in [0.15, 0.2) is 0 Å². The van der Waals surface area contributed by atoms with Crippen LogP contribution in [0.3, 0.4) is 0 Å². The van der Waals surface area contributed by atoms with Crippen molar-refractivity contribution in [2.24, 2.45) is 29.1 Å². The molecule has 5 heteroatoms. The number of hydrogen-bond donors (Lipinski definition) is 2. The summed E-state index contributed by atoms with van der Waals surface area (Å²) >= 11 is 5.85. The molecule has 3 fully saturated rings. The van der Waals surface area contributed by atoms with E-state index in [4.69, 9.17) is 11.6 Å². The Bertz CT molecular complexity index is 638. The zero-order valence-corrected chi connectivity index (χ0v) is 12.8. The van der Waals surface area contributed by atoms with E-state index in [1.165, 1.54) is 0 Å². The van der Waals surface area contributed by atoms with Crippen molar-refractivity contribution in [3.63, 3.8) is 0 Å². The molecule has 116 valence electrons. The molecular weight excluding hydrogens is 302 g/mol. The van der Waals surface area contributed by atoms with Crippen molar-refractivity contribution < 1.29 is 14.7 Å². The zero-order chi connectivity index (χ0) is 15.5. The van der Waals surface area contributed by atoms with Crippen molar-refractivity contribution >= 4 is 29.2 Å². The Hall–Kier alpha value is -1.55. The van der Waals surface area contributed by atoms with Gasteiger partial charge in [-0.25, -0.2) is 0 Å². The van der Waals surface area contributed by atoms with Crippen LogP contribution in [0.15, 0.2) is 24.3 Å². The Morgan fingerprint density at radius 1 is 1.09 bits per heavy atom. The summed E-state index contributed by atoms with van der Waals surface area (Å²) in [5.41, 5.74) is 0.830. The number of amides is 1. The lowest BCUT2D eigenvalue weighted by atomic mass is 9.78. The molecule has 0 aliphatic heterocycles. The number of nitrogens with one attached hydrogen (secondary N) is 1. The number of rotatable bonds is 3. The minimum absolute atomic E-state index is 0.145. The van der Waals surface area contributed by atoms with Crippen LogP contribution >= 0.6 is 11.6 Å². The molecule has 0 heterocycles. The van der Waals surface area contributed by atoms with Gasteiger partial charge in [-0.2, -0.15) is 0 Å². The second kappa shape index (κ2) is 4.72. The Balaban J connectivity index is 1.59. The van der Waals surface area contributed by atoms with Gasteiger partial charge >= 0.3 is 5.97 Å². The van der Waals surface area contributed by atoms with Crippen molar-refractivity contribution in [2.45, 2.75) is 25.7 Å². The molecule has 1 aromatic carbocycles. The summed E-state index contributed by atoms with van der Waals surface area (Å²) in [6.07, 6.45) is 4.15. The van der Waals surface area contributed by atoms with Crippen molar-refractivity contribution in [1.82, 2.24) is 0 Å². The van der Waals surface area contributed by atoms with Crippen LogP contribution in [-0.4, -0.2) is 17.0 Å². The monoisotopic (exact) mass is 319 g/mol. The lowest BCUT2D eigenvalue weighted by molar-refractivity contribution is -0.148. The smallest absolute Gasteiger partial charge is 0.307 e. The molecule has 0 unspecified atom stereocenters. The first-order valence-corrected chi connectivity index (χ1v) is 8.20. The quantitative estimate of drug-likeness (QED) is 0.897. The molecule has 1 aromatic rings. The SMILES string of the molecule is O=C(O)[C@@H]1[C@H](C(=O)Nc2ccc(Cl)cc2)[C@@H]2CC[C@H]1C21CC1. The molecule has 3 saturated carbocycles. The first-order chi connectivity index (χ1) is 10.5. The van der Waals surface area contributed by atoms with Crippen LogP contribution in [0.4, 0.5) is 5.69 Å². The molecule has 0 saturated heterocycles. The van der Waals surface area contributed by atoms with Gasteiger partial charge in [0, 0.05) is 10.7 Å². The predicted octanol–water partition coefficient (Wildman–Crippen LogP) is 3.42. The highest BCUT2D eigenvalue weighted by atomic mass is 35.5. The van der Waals surface area contributed by atoms with Crippen molar-refractivity contribution in [3.8, 4) is 0 Å². The lowest BCUT2D eigenvalue weighted by Gasteiger charge is -2.26. The minimum atomic E-state index is -0.810. The maximum absolute atomic E-state index is 12.7. The normalized spacial score (nSPS) is 33.9. The number of anilines is 1. The average molecular weight is 320 g/mol. The molecule has 4 nitrogen and oxygen atoms in total. The van der Waals surface area contributed by atoms with Crippen LogP contribution in [-0.2, 0) is 9.59 Å². The van der Waals surface area contributed by atoms with E-state index in [2.05, 4.69) is 5.32 Å². The van der Waals surface area contributed by atoms with Crippen molar-refractivity contribution in [2.75, 3.05) is 5.32 Å². The maximum Gasteiger partial charge on any atom is 0.307 e. The number of carboxylic acids is 1. The molecule has 1 amide bonds.